The van der Waals surface area contributed by atoms with Crippen molar-refractivity contribution < 1.29 is 9.53 Å². The average molecular weight is 418 g/mol. The van der Waals surface area contributed by atoms with E-state index in [2.05, 4.69) is 15.0 Å². The van der Waals surface area contributed by atoms with E-state index >= 15 is 0 Å². The van der Waals surface area contributed by atoms with E-state index in [1.54, 1.807) is 18.2 Å². The van der Waals surface area contributed by atoms with Crippen molar-refractivity contribution in [1.29, 1.82) is 0 Å². The van der Waals surface area contributed by atoms with Crippen molar-refractivity contribution in [2.45, 2.75) is 26.1 Å². The van der Waals surface area contributed by atoms with Crippen LogP contribution in [0.5, 0.6) is 5.75 Å². The van der Waals surface area contributed by atoms with Gasteiger partial charge in [0.2, 0.25) is 5.28 Å². The van der Waals surface area contributed by atoms with Gasteiger partial charge in [-0.1, -0.05) is 23.7 Å². The zero-order valence-corrected chi connectivity index (χ0v) is 16.8. The number of amides is 1. The number of hydrogen-bond acceptors (Lipinski definition) is 5. The van der Waals surface area contributed by atoms with Gasteiger partial charge in [0, 0.05) is 25.3 Å². The summed E-state index contributed by atoms with van der Waals surface area (Å²) in [6, 6.07) is 7.68. The number of carbonyl (C=O) groups excluding carboxylic acids is 1. The van der Waals surface area contributed by atoms with Crippen molar-refractivity contribution in [3.63, 3.8) is 0 Å². The van der Waals surface area contributed by atoms with Crippen LogP contribution < -0.4 is 4.74 Å². The highest BCUT2D eigenvalue weighted by molar-refractivity contribution is 6.33. The molecule has 1 aromatic carbocycles. The second-order valence-corrected chi connectivity index (χ2v) is 7.32. The molecule has 144 valence electrons. The molecule has 0 bridgehead atoms. The number of rotatable bonds is 4. The second kappa shape index (κ2) is 7.41. The number of hydrogen-bond donors (Lipinski definition) is 0. The lowest BCUT2D eigenvalue weighted by Crippen LogP contribution is -2.46. The summed E-state index contributed by atoms with van der Waals surface area (Å²) in [7, 11) is 1.62. The molecule has 1 aliphatic heterocycles. The van der Waals surface area contributed by atoms with Crippen LogP contribution in [0.1, 0.15) is 23.1 Å². The lowest BCUT2D eigenvalue weighted by atomic mass is 10.1. The predicted molar refractivity (Wildman–Crippen MR) is 106 cm³/mol. The van der Waals surface area contributed by atoms with Gasteiger partial charge in [0.25, 0.3) is 5.91 Å². The summed E-state index contributed by atoms with van der Waals surface area (Å²) in [6.07, 6.45) is 3.20. The van der Waals surface area contributed by atoms with Crippen molar-refractivity contribution in [3.05, 3.63) is 58.4 Å². The fourth-order valence-corrected chi connectivity index (χ4v) is 3.59. The number of halogens is 2. The monoisotopic (exact) mass is 417 g/mol. The SMILES string of the molecule is COc1cccc(CN2C(=O)c3nc(-c4nc(Cl)ncc4Cl)cn3CC2C)c1. The first kappa shape index (κ1) is 18.7. The van der Waals surface area contributed by atoms with Gasteiger partial charge < -0.3 is 14.2 Å². The number of methoxy groups -OCH3 is 1. The Kier molecular flexibility index (Phi) is 4.95. The first-order valence-corrected chi connectivity index (χ1v) is 9.41. The van der Waals surface area contributed by atoms with Crippen molar-refractivity contribution in [1.82, 2.24) is 24.4 Å². The van der Waals surface area contributed by atoms with Crippen LogP contribution in [0.2, 0.25) is 10.3 Å². The molecule has 9 heteroatoms. The van der Waals surface area contributed by atoms with Crippen LogP contribution in [-0.4, -0.2) is 43.5 Å². The average Bonchev–Trinajstić information content (AvgIpc) is 3.11. The third-order valence-electron chi connectivity index (χ3n) is 4.67. The van der Waals surface area contributed by atoms with Crippen LogP contribution in [0, 0.1) is 0 Å². The summed E-state index contributed by atoms with van der Waals surface area (Å²) < 4.78 is 7.10. The van der Waals surface area contributed by atoms with E-state index in [1.165, 1.54) is 6.20 Å². The molecule has 0 aliphatic carbocycles. The molecule has 0 N–H and O–H groups in total. The Bertz CT molecular complexity index is 1050. The molecule has 1 amide bonds. The molecule has 0 saturated carbocycles. The Labute approximate surface area is 171 Å². The van der Waals surface area contributed by atoms with E-state index in [9.17, 15) is 4.79 Å². The highest BCUT2D eigenvalue weighted by Gasteiger charge is 2.32. The van der Waals surface area contributed by atoms with E-state index in [-0.39, 0.29) is 17.2 Å². The van der Waals surface area contributed by atoms with Gasteiger partial charge >= 0.3 is 0 Å². The number of benzene rings is 1. The molecule has 0 spiro atoms. The summed E-state index contributed by atoms with van der Waals surface area (Å²) in [5.41, 5.74) is 1.89. The Morgan fingerprint density at radius 2 is 2.11 bits per heavy atom. The highest BCUT2D eigenvalue weighted by atomic mass is 35.5. The van der Waals surface area contributed by atoms with E-state index in [0.29, 0.717) is 35.3 Å². The number of carbonyl (C=O) groups is 1. The van der Waals surface area contributed by atoms with Gasteiger partial charge in [0.1, 0.15) is 17.1 Å². The minimum atomic E-state index is -0.149. The van der Waals surface area contributed by atoms with Gasteiger partial charge in [-0.05, 0) is 36.2 Å². The highest BCUT2D eigenvalue weighted by Crippen LogP contribution is 2.28. The van der Waals surface area contributed by atoms with Gasteiger partial charge in [-0.2, -0.15) is 0 Å². The molecule has 1 aliphatic rings. The van der Waals surface area contributed by atoms with Crippen LogP contribution in [0.15, 0.2) is 36.7 Å². The van der Waals surface area contributed by atoms with E-state index in [0.717, 1.165) is 11.3 Å². The standard InChI is InChI=1S/C19H17Cl2N5O2/c1-11-8-25-10-15(16-14(20)7-22-19(21)24-16)23-17(25)18(27)26(11)9-12-4-3-5-13(6-12)28-2/h3-7,10-11H,8-9H2,1-2H3. The molecule has 2 aromatic heterocycles. The van der Waals surface area contributed by atoms with Crippen LogP contribution in [-0.2, 0) is 13.1 Å². The van der Waals surface area contributed by atoms with Gasteiger partial charge in [-0.25, -0.2) is 15.0 Å². The van der Waals surface area contributed by atoms with Crippen LogP contribution >= 0.6 is 23.2 Å². The Hall–Kier alpha value is -2.64. The van der Waals surface area contributed by atoms with Gasteiger partial charge in [-0.3, -0.25) is 4.79 Å². The van der Waals surface area contributed by atoms with Crippen LogP contribution in [0.3, 0.4) is 0 Å². The molecule has 1 atom stereocenters. The van der Waals surface area contributed by atoms with Crippen molar-refractivity contribution in [2.24, 2.45) is 0 Å². The lowest BCUT2D eigenvalue weighted by Gasteiger charge is -2.33. The lowest BCUT2D eigenvalue weighted by molar-refractivity contribution is 0.0587. The Balaban J connectivity index is 1.65. The summed E-state index contributed by atoms with van der Waals surface area (Å²) in [5.74, 6) is 0.958. The third-order valence-corrected chi connectivity index (χ3v) is 5.12. The van der Waals surface area contributed by atoms with Crippen molar-refractivity contribution in [2.75, 3.05) is 7.11 Å². The number of aromatic nitrogens is 4. The molecular weight excluding hydrogens is 401 g/mol. The second-order valence-electron chi connectivity index (χ2n) is 6.57. The molecular formula is C19H17Cl2N5O2. The van der Waals surface area contributed by atoms with Gasteiger partial charge in [0.05, 0.1) is 18.3 Å². The van der Waals surface area contributed by atoms with E-state index in [4.69, 9.17) is 27.9 Å². The molecule has 4 rings (SSSR count). The van der Waals surface area contributed by atoms with Crippen LogP contribution in [0.25, 0.3) is 11.4 Å². The Morgan fingerprint density at radius 3 is 2.89 bits per heavy atom. The molecule has 1 unspecified atom stereocenters. The summed E-state index contributed by atoms with van der Waals surface area (Å²) >= 11 is 12.1. The molecule has 0 fully saturated rings. The number of fused-ring (bicyclic) bond motifs is 1. The number of imidazole rings is 1. The fourth-order valence-electron chi connectivity index (χ4n) is 3.27. The fraction of sp³-hybridized carbons (Fsp3) is 0.263. The molecule has 0 saturated heterocycles. The van der Waals surface area contributed by atoms with Gasteiger partial charge in [0.15, 0.2) is 5.82 Å². The summed E-state index contributed by atoms with van der Waals surface area (Å²) in [4.78, 5) is 27.4. The molecule has 3 heterocycles. The normalized spacial score (nSPS) is 16.2. The van der Waals surface area contributed by atoms with E-state index in [1.807, 2.05) is 35.8 Å². The van der Waals surface area contributed by atoms with Gasteiger partial charge in [-0.15, -0.1) is 0 Å². The Morgan fingerprint density at radius 1 is 1.29 bits per heavy atom. The number of nitrogens with zero attached hydrogens (tertiary/aromatic N) is 5. The first-order valence-electron chi connectivity index (χ1n) is 8.65. The number of ether oxygens (including phenoxy) is 1. The first-order chi connectivity index (χ1) is 13.5. The van der Waals surface area contributed by atoms with Crippen molar-refractivity contribution >= 4 is 29.1 Å². The smallest absolute Gasteiger partial charge is 0.290 e. The quantitative estimate of drug-likeness (QED) is 0.605. The third kappa shape index (κ3) is 3.43. The van der Waals surface area contributed by atoms with E-state index < -0.39 is 0 Å². The molecule has 7 nitrogen and oxygen atoms in total. The summed E-state index contributed by atoms with van der Waals surface area (Å²) in [6.45, 7) is 3.10. The maximum Gasteiger partial charge on any atom is 0.290 e. The molecule has 28 heavy (non-hydrogen) atoms. The van der Waals surface area contributed by atoms with Crippen LogP contribution in [0.4, 0.5) is 0 Å². The largest absolute Gasteiger partial charge is 0.497 e. The zero-order valence-electron chi connectivity index (χ0n) is 15.3. The zero-order chi connectivity index (χ0) is 19.8. The minimum Gasteiger partial charge on any atom is -0.497 e. The molecule has 3 aromatic rings. The predicted octanol–water partition coefficient (Wildman–Crippen LogP) is 3.70. The maximum absolute atomic E-state index is 13.1. The molecule has 0 radical (unpaired) electrons. The minimum absolute atomic E-state index is 0.00212. The topological polar surface area (TPSA) is 73.1 Å². The van der Waals surface area contributed by atoms with Crippen molar-refractivity contribution in [3.8, 4) is 17.1 Å². The summed E-state index contributed by atoms with van der Waals surface area (Å²) in [5, 5.41) is 0.401. The maximum atomic E-state index is 13.1.